The van der Waals surface area contributed by atoms with Crippen molar-refractivity contribution >= 4 is 28.4 Å². The van der Waals surface area contributed by atoms with Crippen molar-refractivity contribution in [1.29, 1.82) is 0 Å². The van der Waals surface area contributed by atoms with E-state index in [1.165, 1.54) is 0 Å². The molecule has 0 bridgehead atoms. The smallest absolute Gasteiger partial charge is 0.209 e. The molecule has 0 radical (unpaired) electrons. The first-order valence-electron chi connectivity index (χ1n) is 7.17. The molecule has 2 heterocycles. The molecule has 1 aromatic heterocycles. The minimum atomic E-state index is -0.142. The predicted molar refractivity (Wildman–Crippen MR) is 93.8 cm³/mol. The number of aryl methyl sites for hydroxylation is 1. The number of alkyl halides is 1. The molecular weight excluding hydrogens is 375 g/mol. The predicted octanol–water partition coefficient (Wildman–Crippen LogP) is 3.63. The molecular formula is C17H19IN2O. The highest BCUT2D eigenvalue weighted by Crippen LogP contribution is 2.32. The standard InChI is InChI=1S/C17H19IN2O/c1-11-9-14-13(19)6-8-20(14)15(11)16(21)12-5-3-4-7-17(2,18)10-12/h3-5,7,9-10,13H,6,8,19H2,1-2H3. The Hall–Kier alpha value is -1.14. The summed E-state index contributed by atoms with van der Waals surface area (Å²) in [6.07, 6.45) is 10.9. The van der Waals surface area contributed by atoms with Gasteiger partial charge in [0.25, 0.3) is 0 Å². The van der Waals surface area contributed by atoms with E-state index >= 15 is 0 Å². The molecule has 3 nitrogen and oxygen atoms in total. The van der Waals surface area contributed by atoms with Gasteiger partial charge in [0.1, 0.15) is 0 Å². The van der Waals surface area contributed by atoms with Crippen molar-refractivity contribution in [2.45, 2.75) is 36.3 Å². The number of ketones is 1. The van der Waals surface area contributed by atoms with Crippen LogP contribution in [0.4, 0.5) is 0 Å². The molecule has 0 spiro atoms. The summed E-state index contributed by atoms with van der Waals surface area (Å²) in [4.78, 5) is 13.0. The van der Waals surface area contributed by atoms with Gasteiger partial charge in [-0.3, -0.25) is 4.79 Å². The third kappa shape index (κ3) is 2.66. The Labute approximate surface area is 138 Å². The van der Waals surface area contributed by atoms with Gasteiger partial charge in [0.15, 0.2) is 0 Å². The zero-order valence-corrected chi connectivity index (χ0v) is 14.4. The molecule has 2 N–H and O–H groups in total. The second kappa shape index (κ2) is 5.25. The quantitative estimate of drug-likeness (QED) is 0.473. The van der Waals surface area contributed by atoms with Gasteiger partial charge in [0, 0.05) is 23.9 Å². The summed E-state index contributed by atoms with van der Waals surface area (Å²) >= 11 is 2.35. The molecule has 0 saturated carbocycles. The number of hydrogen-bond acceptors (Lipinski definition) is 2. The molecule has 1 aliphatic heterocycles. The van der Waals surface area contributed by atoms with Crippen LogP contribution in [0.25, 0.3) is 0 Å². The zero-order chi connectivity index (χ0) is 15.2. The fourth-order valence-corrected chi connectivity index (χ4v) is 3.60. The van der Waals surface area contributed by atoms with Crippen molar-refractivity contribution in [3.8, 4) is 0 Å². The summed E-state index contributed by atoms with van der Waals surface area (Å²) in [5, 5.41) is 0. The molecule has 1 aliphatic carbocycles. The lowest BCUT2D eigenvalue weighted by Crippen LogP contribution is -2.14. The lowest BCUT2D eigenvalue weighted by atomic mass is 10.0. The van der Waals surface area contributed by atoms with Crippen molar-refractivity contribution in [1.82, 2.24) is 4.57 Å². The first-order valence-corrected chi connectivity index (χ1v) is 8.25. The van der Waals surface area contributed by atoms with E-state index in [-0.39, 0.29) is 15.2 Å². The summed E-state index contributed by atoms with van der Waals surface area (Å²) in [5.74, 6) is 0.0932. The molecule has 2 atom stereocenters. The number of fused-ring (bicyclic) bond motifs is 1. The maximum absolute atomic E-state index is 13.0. The molecule has 0 fully saturated rings. The first-order chi connectivity index (χ1) is 9.89. The number of carbonyl (C=O) groups excluding carboxylic acids is 1. The minimum Gasteiger partial charge on any atom is -0.340 e. The normalized spacial score (nSPS) is 27.4. The van der Waals surface area contributed by atoms with E-state index in [1.54, 1.807) is 0 Å². The summed E-state index contributed by atoms with van der Waals surface area (Å²) < 4.78 is 1.96. The number of aromatic nitrogens is 1. The van der Waals surface area contributed by atoms with E-state index in [0.29, 0.717) is 0 Å². The van der Waals surface area contributed by atoms with Crippen LogP contribution in [0.5, 0.6) is 0 Å². The Morgan fingerprint density at radius 3 is 3.00 bits per heavy atom. The molecule has 110 valence electrons. The first kappa shape index (κ1) is 14.8. The number of nitrogens with zero attached hydrogens (tertiary/aromatic N) is 1. The molecule has 0 aromatic carbocycles. The number of carbonyl (C=O) groups is 1. The Morgan fingerprint density at radius 2 is 2.24 bits per heavy atom. The monoisotopic (exact) mass is 394 g/mol. The van der Waals surface area contributed by atoms with Crippen LogP contribution in [0.15, 0.2) is 42.0 Å². The molecule has 2 aliphatic rings. The van der Waals surface area contributed by atoms with Gasteiger partial charge in [0.2, 0.25) is 5.78 Å². The van der Waals surface area contributed by atoms with Crippen molar-refractivity contribution < 1.29 is 4.79 Å². The fourth-order valence-electron chi connectivity index (χ4n) is 3.06. The summed E-state index contributed by atoms with van der Waals surface area (Å²) in [7, 11) is 0. The van der Waals surface area contributed by atoms with Crippen LogP contribution in [0, 0.1) is 6.92 Å². The minimum absolute atomic E-state index is 0.0559. The van der Waals surface area contributed by atoms with E-state index in [0.717, 1.165) is 35.5 Å². The van der Waals surface area contributed by atoms with Crippen molar-refractivity contribution in [2.75, 3.05) is 0 Å². The Balaban J connectivity index is 2.04. The number of Topliss-reactive ketones (excluding diaryl/α,β-unsaturated/α-hetero) is 1. The molecule has 0 saturated heterocycles. The van der Waals surface area contributed by atoms with Crippen LogP contribution in [0.2, 0.25) is 0 Å². The van der Waals surface area contributed by atoms with Crippen molar-refractivity contribution in [3.63, 3.8) is 0 Å². The SMILES string of the molecule is Cc1cc2n(c1C(=O)C1=CC(C)(I)C=CC=C1)CCC2N. The second-order valence-electron chi connectivity index (χ2n) is 5.95. The third-order valence-corrected chi connectivity index (χ3v) is 4.76. The van der Waals surface area contributed by atoms with E-state index in [9.17, 15) is 4.79 Å². The largest absolute Gasteiger partial charge is 0.340 e. The Morgan fingerprint density at radius 1 is 1.48 bits per heavy atom. The van der Waals surface area contributed by atoms with Crippen LogP contribution >= 0.6 is 22.6 Å². The van der Waals surface area contributed by atoms with Gasteiger partial charge in [-0.2, -0.15) is 0 Å². The van der Waals surface area contributed by atoms with E-state index in [2.05, 4.69) is 46.2 Å². The third-order valence-electron chi connectivity index (χ3n) is 4.09. The highest BCUT2D eigenvalue weighted by atomic mass is 127. The van der Waals surface area contributed by atoms with Crippen LogP contribution in [-0.2, 0) is 6.54 Å². The molecule has 3 rings (SSSR count). The van der Waals surface area contributed by atoms with E-state index in [4.69, 9.17) is 5.73 Å². The fraction of sp³-hybridized carbons (Fsp3) is 0.353. The zero-order valence-electron chi connectivity index (χ0n) is 12.3. The number of hydrogen-bond donors (Lipinski definition) is 1. The molecule has 0 amide bonds. The van der Waals surface area contributed by atoms with Gasteiger partial charge in [-0.1, -0.05) is 53.0 Å². The summed E-state index contributed by atoms with van der Waals surface area (Å²) in [5.41, 5.74) is 9.76. The lowest BCUT2D eigenvalue weighted by molar-refractivity contribution is 0.102. The average Bonchev–Trinajstić information content (AvgIpc) is 2.84. The van der Waals surface area contributed by atoms with Crippen LogP contribution < -0.4 is 5.73 Å². The number of allylic oxidation sites excluding steroid dienone is 6. The van der Waals surface area contributed by atoms with E-state index < -0.39 is 0 Å². The molecule has 4 heteroatoms. The van der Waals surface area contributed by atoms with Crippen LogP contribution in [-0.4, -0.2) is 13.8 Å². The maximum Gasteiger partial charge on any atom is 0.209 e. The van der Waals surface area contributed by atoms with Gasteiger partial charge < -0.3 is 10.3 Å². The van der Waals surface area contributed by atoms with Crippen molar-refractivity contribution in [2.24, 2.45) is 5.73 Å². The molecule has 21 heavy (non-hydrogen) atoms. The van der Waals surface area contributed by atoms with E-state index in [1.807, 2.05) is 31.2 Å². The topological polar surface area (TPSA) is 48.0 Å². The van der Waals surface area contributed by atoms with Crippen LogP contribution in [0.3, 0.4) is 0 Å². The highest BCUT2D eigenvalue weighted by Gasteiger charge is 2.28. The molecule has 2 unspecified atom stereocenters. The highest BCUT2D eigenvalue weighted by molar-refractivity contribution is 14.1. The molecule has 1 aromatic rings. The summed E-state index contributed by atoms with van der Waals surface area (Å²) in [6, 6.07) is 2.12. The van der Waals surface area contributed by atoms with Gasteiger partial charge in [-0.15, -0.1) is 0 Å². The summed E-state index contributed by atoms with van der Waals surface area (Å²) in [6.45, 7) is 4.92. The van der Waals surface area contributed by atoms with Crippen molar-refractivity contribution in [3.05, 3.63) is 59.0 Å². The van der Waals surface area contributed by atoms with Crippen LogP contribution in [0.1, 0.15) is 41.1 Å². The number of halogens is 1. The number of nitrogens with two attached hydrogens (primary N) is 1. The average molecular weight is 394 g/mol. The lowest BCUT2D eigenvalue weighted by Gasteiger charge is -2.14. The Kier molecular flexibility index (Phi) is 3.69. The van der Waals surface area contributed by atoms with Gasteiger partial charge in [-0.25, -0.2) is 0 Å². The second-order valence-corrected chi connectivity index (χ2v) is 8.27. The maximum atomic E-state index is 13.0. The van der Waals surface area contributed by atoms with Gasteiger partial charge in [0.05, 0.1) is 9.12 Å². The van der Waals surface area contributed by atoms with Gasteiger partial charge in [-0.05, 0) is 31.9 Å². The Bertz CT molecular complexity index is 692. The van der Waals surface area contributed by atoms with Gasteiger partial charge >= 0.3 is 0 Å². The number of rotatable bonds is 2.